The highest BCUT2D eigenvalue weighted by molar-refractivity contribution is 5.93. The van der Waals surface area contributed by atoms with Crippen LogP contribution < -0.4 is 40.9 Å². The van der Waals surface area contributed by atoms with Crippen molar-refractivity contribution in [2.45, 2.75) is 90.8 Å². The third kappa shape index (κ3) is 49.1. The maximum Gasteiger partial charge on any atom is 0.434 e. The maximum atomic E-state index is 13.1. The third-order valence-corrected chi connectivity index (χ3v) is 15.7. The molecule has 0 unspecified atom stereocenters. The van der Waals surface area contributed by atoms with Gasteiger partial charge >= 0.3 is 84.8 Å². The van der Waals surface area contributed by atoms with Gasteiger partial charge in [-0.25, -0.2) is 82.3 Å². The average molecular weight is 2090 g/mol. The molecule has 0 spiro atoms. The summed E-state index contributed by atoms with van der Waals surface area (Å²) in [7, 11) is 2.26. The van der Waals surface area contributed by atoms with E-state index in [1.54, 1.807) is 50.2 Å². The van der Waals surface area contributed by atoms with Crippen molar-refractivity contribution in [2.24, 2.45) is 0 Å². The van der Waals surface area contributed by atoms with Crippen LogP contribution in [0.3, 0.4) is 0 Å². The summed E-state index contributed by atoms with van der Waals surface area (Å²) < 4.78 is 376. The molecule has 24 nitrogen and oxygen atoms in total. The predicted octanol–water partition coefficient (Wildman–Crippen LogP) is 13.5. The summed E-state index contributed by atoms with van der Waals surface area (Å²) in [4.78, 5) is 87.2. The van der Waals surface area contributed by atoms with Crippen LogP contribution in [0, 0.1) is 85.9 Å². The molecule has 8 aromatic carbocycles. The molecule has 0 fully saturated rings. The molecule has 0 aliphatic rings. The lowest BCUT2D eigenvalue weighted by Gasteiger charge is -2.22. The largest absolute Gasteiger partial charge is 0.872 e. The van der Waals surface area contributed by atoms with Gasteiger partial charge < -0.3 is 78.7 Å². The number of carbonyl (C=O) groups is 8. The fourth-order valence-electron chi connectivity index (χ4n) is 8.94. The molecule has 0 saturated carbocycles. The van der Waals surface area contributed by atoms with E-state index in [0.717, 1.165) is 65.8 Å². The molecule has 0 aliphatic carbocycles. The fraction of sp³-hybridized carbons (Fsp3) is 0.217. The van der Waals surface area contributed by atoms with Gasteiger partial charge in [-0.2, -0.15) is 79.0 Å². The van der Waals surface area contributed by atoms with Crippen LogP contribution in [0.25, 0.3) is 46.1 Å². The molecule has 0 heterocycles. The quantitative estimate of drug-likeness (QED) is 0.0152. The van der Waals surface area contributed by atoms with Crippen LogP contribution in [0.2, 0.25) is 0 Å². The molecule has 784 valence electrons. The van der Waals surface area contributed by atoms with E-state index in [1.165, 1.54) is 50.4 Å². The number of alkyl halides is 18. The number of benzene rings is 8. The fourth-order valence-corrected chi connectivity index (χ4v) is 8.94. The molecule has 52 heteroatoms. The minimum Gasteiger partial charge on any atom is -0.872 e. The summed E-state index contributed by atoms with van der Waals surface area (Å²) in [5.74, 6) is -30.9. The molecule has 0 radical (unpaired) electrons. The van der Waals surface area contributed by atoms with E-state index in [-0.39, 0.29) is 83.9 Å². The third-order valence-electron chi connectivity index (χ3n) is 15.7. The Kier molecular flexibility index (Phi) is 50.9. The van der Waals surface area contributed by atoms with Gasteiger partial charge in [-0.15, -0.1) is 0 Å². The van der Waals surface area contributed by atoms with Gasteiger partial charge in [0.05, 0.1) is 27.4 Å². The maximum absolute atomic E-state index is 13.1. The lowest BCUT2D eigenvalue weighted by Crippen LogP contribution is -2.45. The van der Waals surface area contributed by atoms with Crippen molar-refractivity contribution in [3.63, 3.8) is 0 Å². The number of aryl methyl sites for hydroxylation is 4. The van der Waals surface area contributed by atoms with Crippen LogP contribution in [0.15, 0.2) is 206 Å². The molecule has 0 atom stereocenters. The highest BCUT2D eigenvalue weighted by Gasteiger charge is 2.61. The average Bonchev–Trinajstić information content (AvgIpc) is 0.821. The number of hydrogen-bond donors (Lipinski definition) is 0. The Bertz CT molecular complexity index is 5770. The molecule has 0 saturated heterocycles. The van der Waals surface area contributed by atoms with Crippen molar-refractivity contribution >= 4 is 93.8 Å². The van der Waals surface area contributed by atoms with Crippen LogP contribution in [0.5, 0.6) is 0 Å². The summed E-state index contributed by atoms with van der Waals surface area (Å²) >= 11 is 0. The normalized spacial score (nSPS) is 12.2. The van der Waals surface area contributed by atoms with Gasteiger partial charge in [0, 0.05) is 83.5 Å². The smallest absolute Gasteiger partial charge is 0.434 e. The van der Waals surface area contributed by atoms with Gasteiger partial charge in [0.2, 0.25) is 0 Å². The second-order valence-corrected chi connectivity index (χ2v) is 27.1. The second kappa shape index (κ2) is 58.2. The SMILES string of the molecule is CCOC(=O)C=C([O-])c1cc(F)c(F)cc1F.CCOC(=O)C=C([O-])c1ccc(C)cc1.COC(=O)C=C([O-])c1cc(F)c(F)cc1F.COC(=O)C=C([O-])c1ccc(C)cc1.Cc1ccc(C([O-])=CC(=O)OC(C(F)(F)F)C(F)(F)F)cc1.Cc1ccc(C([O-])=CC(=O)OCC(F)(F)F)cc1.O=C(C=C([O-])c1cc(F)c(F)cc1F)OCC(F)(F)F.O=C(C=C([O-])c1ccc(F)cc1)OC(C(F)(F)F)C(F)(F)F. The van der Waals surface area contributed by atoms with Gasteiger partial charge in [-0.1, -0.05) is 178 Å². The molecule has 0 aliphatic heterocycles. The van der Waals surface area contributed by atoms with Crippen molar-refractivity contribution in [2.75, 3.05) is 40.6 Å². The number of esters is 8. The van der Waals surface area contributed by atoms with Gasteiger partial charge in [0.1, 0.15) is 23.3 Å². The minimum atomic E-state index is -5.87. The molecule has 0 amide bonds. The summed E-state index contributed by atoms with van der Waals surface area (Å²) in [6.45, 7) is 7.27. The summed E-state index contributed by atoms with van der Waals surface area (Å²) in [6, 6.07) is 30.7. The van der Waals surface area contributed by atoms with Crippen molar-refractivity contribution < 1.29 is 240 Å². The number of ether oxygens (including phenoxy) is 8. The number of methoxy groups -OCH3 is 2. The van der Waals surface area contributed by atoms with Gasteiger partial charge in [-0.3, -0.25) is 0 Å². The molecular formula is C92H68F28O24-8. The van der Waals surface area contributed by atoms with Gasteiger partial charge in [0.15, 0.2) is 48.1 Å². The minimum absolute atomic E-state index is 0.00149. The molecule has 144 heavy (non-hydrogen) atoms. The van der Waals surface area contributed by atoms with Crippen molar-refractivity contribution in [3.8, 4) is 0 Å². The number of carbonyl (C=O) groups excluding carboxylic acids is 8. The van der Waals surface area contributed by atoms with E-state index in [4.69, 9.17) is 0 Å². The van der Waals surface area contributed by atoms with Crippen LogP contribution in [0.4, 0.5) is 123 Å². The Labute approximate surface area is 794 Å². The Balaban J connectivity index is 0.000000826. The van der Waals surface area contributed by atoms with Crippen molar-refractivity contribution in [3.05, 3.63) is 331 Å². The molecule has 8 rings (SSSR count). The number of halogens is 28. The Morgan fingerprint density at radius 2 is 0.438 bits per heavy atom. The first-order valence-corrected chi connectivity index (χ1v) is 38.6. The van der Waals surface area contributed by atoms with E-state index < -0.39 is 220 Å². The van der Waals surface area contributed by atoms with E-state index >= 15 is 0 Å². The highest BCUT2D eigenvalue weighted by atomic mass is 19.4. The van der Waals surface area contributed by atoms with Crippen LogP contribution in [-0.2, 0) is 76.3 Å². The Hall–Kier alpha value is -16.1. The molecular weight excluding hydrogens is 2020 g/mol. The van der Waals surface area contributed by atoms with Gasteiger partial charge in [0.25, 0.3) is 12.2 Å². The van der Waals surface area contributed by atoms with Crippen molar-refractivity contribution in [1.29, 1.82) is 0 Å². The first-order valence-electron chi connectivity index (χ1n) is 38.6. The lowest BCUT2D eigenvalue weighted by atomic mass is 10.1. The Morgan fingerprint density at radius 1 is 0.257 bits per heavy atom. The van der Waals surface area contributed by atoms with Crippen LogP contribution in [0.1, 0.15) is 80.6 Å². The first kappa shape index (κ1) is 126. The van der Waals surface area contributed by atoms with Gasteiger partial charge in [-0.05, 0) is 99.7 Å². The zero-order valence-electron chi connectivity index (χ0n) is 74.0. The topological polar surface area (TPSA) is 395 Å². The summed E-state index contributed by atoms with van der Waals surface area (Å²) in [6.07, 6.45) is -38.2. The second-order valence-electron chi connectivity index (χ2n) is 27.1. The Morgan fingerprint density at radius 3 is 0.639 bits per heavy atom. The van der Waals surface area contributed by atoms with Crippen molar-refractivity contribution in [1.82, 2.24) is 0 Å². The monoisotopic (exact) mass is 2090 g/mol. The molecule has 8 aromatic rings. The summed E-state index contributed by atoms with van der Waals surface area (Å²) in [5, 5.41) is 91.1. The van der Waals surface area contributed by atoms with E-state index in [9.17, 15) is 202 Å². The molecule has 0 N–H and O–H groups in total. The van der Waals surface area contributed by atoms with E-state index in [2.05, 4.69) is 37.9 Å². The summed E-state index contributed by atoms with van der Waals surface area (Å²) in [5.41, 5.74) is 2.18. The zero-order chi connectivity index (χ0) is 111. The highest BCUT2D eigenvalue weighted by Crippen LogP contribution is 2.38. The van der Waals surface area contributed by atoms with E-state index in [1.807, 2.05) is 45.0 Å². The standard InChI is InChI=1S/C13H10F6O3.C12H7F7O3.C12H11F3O3.C12H14O3.C11H6F6O3.C11H9F3O3.C11H12O3.C10H7F3O3/c1-7-2-4-8(5-3-7)9(20)6-10(21)22-11(12(14,15)16)13(17,18)19;13-7-3-1-6(2-4-7)8(20)5-9(21)22-10(11(14,15)16)12(17,18)19;1-8-2-4-9(5-3-8)10(16)6-11(17)18-7-12(13,14)15;1-3-15-12(14)8-11(13)10-6-4-9(2)5-7-10;12-6-2-8(14)7(13)1-5(6)9(18)3-10(19)20-4-11(15,16)17;1-2-17-11(16)5-10(15)6-3-8(13)9(14)4-7(6)12;1-8-3-5-9(6-4-8)10(12)7-11(13)14-2;1-16-10(15)4-9(14)5-2-7(12)8(13)3-6(5)11/h2-6,11,20H,1H3;1-5,10,20H;2-6,16H,7H2,1H3;4-8,13H,3H2,1-2H3;1-3,18H,4H2;3-5,15H,2H2,1H3;3-7,12H,1-2H3;2-4,14H,1H3/p-8. The number of hydrogen-bond acceptors (Lipinski definition) is 24. The molecule has 0 bridgehead atoms. The molecule has 0 aromatic heterocycles. The number of rotatable bonds is 22. The zero-order valence-corrected chi connectivity index (χ0v) is 74.0. The lowest BCUT2D eigenvalue weighted by molar-refractivity contribution is -0.312. The first-order chi connectivity index (χ1) is 66.4. The van der Waals surface area contributed by atoms with Crippen LogP contribution in [-0.4, -0.2) is 138 Å². The predicted molar refractivity (Wildman–Crippen MR) is 429 cm³/mol. The van der Waals surface area contributed by atoms with E-state index in [0.29, 0.717) is 41.5 Å². The van der Waals surface area contributed by atoms with Crippen LogP contribution >= 0.6 is 0 Å².